The molecule has 0 aromatic heterocycles. The van der Waals surface area contributed by atoms with Crippen LogP contribution in [-0.4, -0.2) is 8.42 Å². The summed E-state index contributed by atoms with van der Waals surface area (Å²) < 4.78 is 29.8. The fourth-order valence-electron chi connectivity index (χ4n) is 1.99. The molecule has 0 radical (unpaired) electrons. The van der Waals surface area contributed by atoms with E-state index in [1.165, 1.54) is 6.07 Å². The number of benzene rings is 2. The molecule has 0 saturated heterocycles. The number of hydrogen-bond acceptors (Lipinski definition) is 3. The molecule has 0 spiro atoms. The van der Waals surface area contributed by atoms with Crippen LogP contribution < -0.4 is 4.74 Å². The largest absolute Gasteiger partial charge is 0.487 e. The highest BCUT2D eigenvalue weighted by atomic mass is 79.9. The molecule has 112 valence electrons. The fourth-order valence-corrected chi connectivity index (χ4v) is 3.76. The predicted molar refractivity (Wildman–Crippen MR) is 87.4 cm³/mol. The molecular weight excluding hydrogens is 376 g/mol. The van der Waals surface area contributed by atoms with Crippen LogP contribution in [0.5, 0.6) is 5.75 Å². The van der Waals surface area contributed by atoms with E-state index in [1.54, 1.807) is 13.0 Å². The molecule has 21 heavy (non-hydrogen) atoms. The topological polar surface area (TPSA) is 43.4 Å². The summed E-state index contributed by atoms with van der Waals surface area (Å²) >= 11 is 3.27. The van der Waals surface area contributed by atoms with Crippen molar-refractivity contribution in [1.82, 2.24) is 0 Å². The van der Waals surface area contributed by atoms with Crippen LogP contribution in [0.1, 0.15) is 16.7 Å². The molecule has 0 unspecified atom stereocenters. The molecule has 0 heterocycles. The Morgan fingerprint density at radius 3 is 2.43 bits per heavy atom. The number of rotatable bonds is 4. The lowest BCUT2D eigenvalue weighted by molar-refractivity contribution is 0.295. The maximum Gasteiger partial charge on any atom is 0.265 e. The zero-order valence-electron chi connectivity index (χ0n) is 11.6. The monoisotopic (exact) mass is 388 g/mol. The minimum Gasteiger partial charge on any atom is -0.487 e. The van der Waals surface area contributed by atoms with Crippen LogP contribution in [0, 0.1) is 13.8 Å². The highest BCUT2D eigenvalue weighted by Crippen LogP contribution is 2.34. The first-order chi connectivity index (χ1) is 9.79. The third kappa shape index (κ3) is 3.99. The summed E-state index contributed by atoms with van der Waals surface area (Å²) in [5, 5.41) is 0. The second-order valence-electron chi connectivity index (χ2n) is 4.70. The van der Waals surface area contributed by atoms with Crippen molar-refractivity contribution in [3.8, 4) is 5.75 Å². The average molecular weight is 390 g/mol. The van der Waals surface area contributed by atoms with Crippen LogP contribution >= 0.6 is 26.6 Å². The van der Waals surface area contributed by atoms with Gasteiger partial charge in [-0.15, -0.1) is 0 Å². The Morgan fingerprint density at radius 1 is 1.14 bits per heavy atom. The van der Waals surface area contributed by atoms with E-state index in [1.807, 2.05) is 31.2 Å². The smallest absolute Gasteiger partial charge is 0.265 e. The first-order valence-electron chi connectivity index (χ1n) is 6.21. The van der Waals surface area contributed by atoms with Gasteiger partial charge in [0, 0.05) is 15.2 Å². The lowest BCUT2D eigenvalue weighted by Gasteiger charge is -2.14. The molecule has 0 saturated carbocycles. The fraction of sp³-hybridized carbons (Fsp3) is 0.200. The van der Waals surface area contributed by atoms with E-state index in [4.69, 9.17) is 15.4 Å². The van der Waals surface area contributed by atoms with Gasteiger partial charge in [-0.25, -0.2) is 8.42 Å². The summed E-state index contributed by atoms with van der Waals surface area (Å²) in [5.41, 5.74) is 2.79. The van der Waals surface area contributed by atoms with Gasteiger partial charge >= 0.3 is 0 Å². The van der Waals surface area contributed by atoms with Crippen molar-refractivity contribution in [2.45, 2.75) is 25.3 Å². The van der Waals surface area contributed by atoms with Crippen LogP contribution in [0.3, 0.4) is 0 Å². The number of halogens is 2. The van der Waals surface area contributed by atoms with E-state index >= 15 is 0 Å². The number of ether oxygens (including phenoxy) is 1. The van der Waals surface area contributed by atoms with Crippen molar-refractivity contribution < 1.29 is 13.2 Å². The van der Waals surface area contributed by atoms with Crippen molar-refractivity contribution in [2.75, 3.05) is 0 Å². The Hall–Kier alpha value is -1.04. The molecule has 0 amide bonds. The summed E-state index contributed by atoms with van der Waals surface area (Å²) in [5.74, 6) is 0.288. The normalized spacial score (nSPS) is 11.4. The SMILES string of the molecule is Cc1ccccc1COc1c(C)cc(Br)cc1S(=O)(=O)Cl. The Morgan fingerprint density at radius 2 is 1.81 bits per heavy atom. The third-order valence-electron chi connectivity index (χ3n) is 3.10. The van der Waals surface area contributed by atoms with Gasteiger partial charge in [0.2, 0.25) is 0 Å². The van der Waals surface area contributed by atoms with Gasteiger partial charge in [-0.3, -0.25) is 0 Å². The molecule has 0 aliphatic rings. The first kappa shape index (κ1) is 16.3. The van der Waals surface area contributed by atoms with Crippen LogP contribution in [0.4, 0.5) is 0 Å². The summed E-state index contributed by atoms with van der Waals surface area (Å²) in [7, 11) is 1.62. The average Bonchev–Trinajstić information content (AvgIpc) is 2.37. The molecule has 2 rings (SSSR count). The van der Waals surface area contributed by atoms with E-state index in [2.05, 4.69) is 15.9 Å². The molecule has 0 aliphatic heterocycles. The van der Waals surface area contributed by atoms with Gasteiger partial charge in [-0.2, -0.15) is 0 Å². The van der Waals surface area contributed by atoms with Crippen molar-refractivity contribution in [1.29, 1.82) is 0 Å². The maximum absolute atomic E-state index is 11.7. The minimum atomic E-state index is -3.88. The van der Waals surface area contributed by atoms with Crippen LogP contribution in [0.15, 0.2) is 45.8 Å². The predicted octanol–water partition coefficient (Wildman–Crippen LogP) is 4.57. The van der Waals surface area contributed by atoms with Crippen molar-refractivity contribution in [3.05, 3.63) is 57.6 Å². The van der Waals surface area contributed by atoms with E-state index in [9.17, 15) is 8.42 Å². The highest BCUT2D eigenvalue weighted by molar-refractivity contribution is 9.10. The number of aryl methyl sites for hydroxylation is 2. The minimum absolute atomic E-state index is 0.0235. The van der Waals surface area contributed by atoms with Gasteiger partial charge in [0.15, 0.2) is 0 Å². The van der Waals surface area contributed by atoms with E-state index in [0.717, 1.165) is 11.1 Å². The van der Waals surface area contributed by atoms with Gasteiger partial charge in [0.1, 0.15) is 17.3 Å². The van der Waals surface area contributed by atoms with Gasteiger partial charge in [-0.1, -0.05) is 40.2 Å². The van der Waals surface area contributed by atoms with E-state index in [-0.39, 0.29) is 17.3 Å². The van der Waals surface area contributed by atoms with Gasteiger partial charge in [0.05, 0.1) is 0 Å². The Kier molecular flexibility index (Phi) is 4.96. The van der Waals surface area contributed by atoms with Gasteiger partial charge in [-0.05, 0) is 42.7 Å². The second-order valence-corrected chi connectivity index (χ2v) is 8.15. The maximum atomic E-state index is 11.7. The quantitative estimate of drug-likeness (QED) is 0.719. The molecule has 0 fully saturated rings. The molecule has 0 aliphatic carbocycles. The van der Waals surface area contributed by atoms with Crippen LogP contribution in [0.2, 0.25) is 0 Å². The third-order valence-corrected chi connectivity index (χ3v) is 4.89. The highest BCUT2D eigenvalue weighted by Gasteiger charge is 2.20. The lowest BCUT2D eigenvalue weighted by atomic mass is 10.1. The van der Waals surface area contributed by atoms with Crippen LogP contribution in [-0.2, 0) is 15.7 Å². The summed E-state index contributed by atoms with van der Waals surface area (Å²) in [4.78, 5) is -0.0235. The molecule has 2 aromatic rings. The molecule has 6 heteroatoms. The van der Waals surface area contributed by atoms with Crippen molar-refractivity contribution in [2.24, 2.45) is 0 Å². The van der Waals surface area contributed by atoms with Crippen molar-refractivity contribution >= 4 is 35.7 Å². The molecule has 0 bridgehead atoms. The summed E-state index contributed by atoms with van der Waals surface area (Å²) in [6.45, 7) is 4.05. The second kappa shape index (κ2) is 6.38. The zero-order chi connectivity index (χ0) is 15.6. The Balaban J connectivity index is 2.39. The van der Waals surface area contributed by atoms with E-state index in [0.29, 0.717) is 10.0 Å². The summed E-state index contributed by atoms with van der Waals surface area (Å²) in [6.07, 6.45) is 0. The van der Waals surface area contributed by atoms with Gasteiger partial charge in [0.25, 0.3) is 9.05 Å². The molecule has 0 N–H and O–H groups in total. The molecular formula is C15H14BrClO3S. The molecule has 0 atom stereocenters. The lowest BCUT2D eigenvalue weighted by Crippen LogP contribution is -2.04. The van der Waals surface area contributed by atoms with Crippen LogP contribution in [0.25, 0.3) is 0 Å². The summed E-state index contributed by atoms with van der Waals surface area (Å²) in [6, 6.07) is 11.0. The number of hydrogen-bond donors (Lipinski definition) is 0. The molecule has 3 nitrogen and oxygen atoms in total. The Bertz CT molecular complexity index is 772. The van der Waals surface area contributed by atoms with E-state index < -0.39 is 9.05 Å². The Labute approximate surface area is 137 Å². The van der Waals surface area contributed by atoms with Gasteiger partial charge < -0.3 is 4.74 Å². The zero-order valence-corrected chi connectivity index (χ0v) is 14.7. The standard InChI is InChI=1S/C15H14BrClO3S/c1-10-5-3-4-6-12(10)9-20-15-11(2)7-13(16)8-14(15)21(17,18)19/h3-8H,9H2,1-2H3. The molecule has 2 aromatic carbocycles. The van der Waals surface area contributed by atoms with Crippen molar-refractivity contribution in [3.63, 3.8) is 0 Å². The first-order valence-corrected chi connectivity index (χ1v) is 9.31.